The fraction of sp³-hybridized carbons (Fsp3) is 0.167. The Balaban J connectivity index is 0.00000272. The number of nitrogens with one attached hydrogen (secondary N) is 1. The zero-order valence-electron chi connectivity index (χ0n) is 18.6. The minimum atomic E-state index is -4.19. The summed E-state index contributed by atoms with van der Waals surface area (Å²) in [5.74, 6) is -0.491. The number of aromatic nitrogens is 2. The van der Waals surface area contributed by atoms with Gasteiger partial charge in [0.15, 0.2) is 16.7 Å². The molecule has 0 saturated carbocycles. The number of nitrogens with zero attached hydrogens (tertiary/aromatic N) is 2. The molecule has 1 N–H and O–H groups in total. The van der Waals surface area contributed by atoms with E-state index in [1.54, 1.807) is 10.6 Å². The summed E-state index contributed by atoms with van der Waals surface area (Å²) in [5, 5.41) is 0.129. The van der Waals surface area contributed by atoms with Crippen LogP contribution in [0.25, 0.3) is 16.9 Å². The topological polar surface area (TPSA) is 109 Å². The van der Waals surface area contributed by atoms with Gasteiger partial charge in [0.2, 0.25) is 10.0 Å². The van der Waals surface area contributed by atoms with Crippen molar-refractivity contribution in [2.45, 2.75) is 4.90 Å². The van der Waals surface area contributed by atoms with Crippen molar-refractivity contribution in [3.63, 3.8) is 0 Å². The molecule has 0 radical (unpaired) electrons. The van der Waals surface area contributed by atoms with E-state index >= 15 is 0 Å². The average molecular weight is 514 g/mol. The number of halogens is 2. The second-order valence-corrected chi connectivity index (χ2v) is 10.3. The molecule has 14 heteroatoms. The van der Waals surface area contributed by atoms with Crippen LogP contribution >= 0.6 is 19.3 Å². The molecule has 0 spiro atoms. The second kappa shape index (κ2) is 10.8. The molecular formula is C18H19ClFN3NaO6PS. The number of hydrogen-bond donors (Lipinski definition) is 1. The van der Waals surface area contributed by atoms with Gasteiger partial charge in [-0.1, -0.05) is 11.6 Å². The van der Waals surface area contributed by atoms with Crippen molar-refractivity contribution in [2.75, 3.05) is 21.3 Å². The van der Waals surface area contributed by atoms with E-state index in [0.717, 1.165) is 14.2 Å². The summed E-state index contributed by atoms with van der Waals surface area (Å²) in [4.78, 5) is 3.89. The summed E-state index contributed by atoms with van der Waals surface area (Å²) in [6.45, 7) is 0. The van der Waals surface area contributed by atoms with Gasteiger partial charge in [-0.3, -0.25) is 13.6 Å². The Morgan fingerprint density at radius 1 is 1.12 bits per heavy atom. The van der Waals surface area contributed by atoms with E-state index in [9.17, 15) is 17.4 Å². The molecule has 32 heavy (non-hydrogen) atoms. The molecule has 0 unspecified atom stereocenters. The first-order chi connectivity index (χ1) is 14.6. The first-order valence-electron chi connectivity index (χ1n) is 8.57. The van der Waals surface area contributed by atoms with E-state index in [4.69, 9.17) is 16.3 Å². The quantitative estimate of drug-likeness (QED) is 0.355. The predicted molar refractivity (Wildman–Crippen MR) is 114 cm³/mol. The van der Waals surface area contributed by atoms with Crippen LogP contribution in [0.5, 0.6) is 5.75 Å². The maximum Gasteiger partial charge on any atom is 1.00 e. The van der Waals surface area contributed by atoms with E-state index < -0.39 is 23.6 Å². The Kier molecular flexibility index (Phi) is 9.08. The third kappa shape index (κ3) is 5.61. The minimum absolute atomic E-state index is 0. The van der Waals surface area contributed by atoms with Crippen molar-refractivity contribution >= 4 is 29.4 Å². The molecule has 0 fully saturated rings. The molecule has 0 amide bonds. The number of hydrogen-bond acceptors (Lipinski definition) is 7. The molecule has 2 aromatic carbocycles. The molecule has 0 aliphatic carbocycles. The zero-order valence-corrected chi connectivity index (χ0v) is 22.0. The Bertz CT molecular complexity index is 1250. The van der Waals surface area contributed by atoms with Crippen molar-refractivity contribution in [3.05, 3.63) is 59.8 Å². The number of methoxy groups -OCH3 is 1. The summed E-state index contributed by atoms with van der Waals surface area (Å²) >= 11 is 6.21. The van der Waals surface area contributed by atoms with Gasteiger partial charge in [-0.25, -0.2) is 22.4 Å². The molecule has 0 aliphatic heterocycles. The molecular weight excluding hydrogens is 495 g/mol. The number of sulfonamides is 1. The van der Waals surface area contributed by atoms with Crippen LogP contribution < -0.4 is 38.8 Å². The summed E-state index contributed by atoms with van der Waals surface area (Å²) in [6, 6.07) is 9.90. The molecule has 1 heterocycles. The van der Waals surface area contributed by atoms with Gasteiger partial charge in [0, 0.05) is 25.5 Å². The van der Waals surface area contributed by atoms with E-state index in [2.05, 4.69) is 14.0 Å². The standard InChI is InChI=1S/C18H18ClFN3O6PS.Na.H/c1-27-16-9-4-12(10-15(16)20)17-18(19)21-11-23(17)13-5-7-14(8-6-13)31(25,26)22-30(24,28-2)29-3;;/h4-11H,1-3H3,(H,22,24);;/q;+1;-1. The summed E-state index contributed by atoms with van der Waals surface area (Å²) in [5.41, 5.74) is 1.35. The monoisotopic (exact) mass is 513 g/mol. The van der Waals surface area contributed by atoms with Gasteiger partial charge in [0.25, 0.3) is 0 Å². The van der Waals surface area contributed by atoms with Crippen molar-refractivity contribution in [1.82, 2.24) is 14.0 Å². The molecule has 0 bridgehead atoms. The van der Waals surface area contributed by atoms with Crippen LogP contribution in [0.4, 0.5) is 4.39 Å². The molecule has 1 aromatic heterocycles. The summed E-state index contributed by atoms with van der Waals surface area (Å²) in [6.07, 6.45) is 1.42. The fourth-order valence-electron chi connectivity index (χ4n) is 2.73. The Labute approximate surface area is 213 Å². The van der Waals surface area contributed by atoms with Gasteiger partial charge >= 0.3 is 37.3 Å². The van der Waals surface area contributed by atoms with Gasteiger partial charge in [-0.05, 0) is 42.5 Å². The molecule has 3 rings (SSSR count). The van der Waals surface area contributed by atoms with Gasteiger partial charge in [-0.2, -0.15) is 0 Å². The van der Waals surface area contributed by atoms with E-state index in [0.29, 0.717) is 16.9 Å². The SMILES string of the molecule is COc1ccc(-c2c(Cl)ncn2-c2ccc(S(=O)(=O)NP(=O)(OC)OC)cc2)cc1F.[H-].[Na+]. The zero-order chi connectivity index (χ0) is 22.8. The van der Waals surface area contributed by atoms with Crippen molar-refractivity contribution in [3.8, 4) is 22.7 Å². The van der Waals surface area contributed by atoms with Crippen LogP contribution in [-0.4, -0.2) is 39.3 Å². The van der Waals surface area contributed by atoms with Crippen LogP contribution in [0.1, 0.15) is 1.43 Å². The predicted octanol–water partition coefficient (Wildman–Crippen LogP) is 1.14. The third-order valence-electron chi connectivity index (χ3n) is 4.29. The number of imidazole rings is 1. The van der Waals surface area contributed by atoms with Crippen LogP contribution in [0.3, 0.4) is 0 Å². The van der Waals surface area contributed by atoms with Gasteiger partial charge in [0.05, 0.1) is 17.7 Å². The average Bonchev–Trinajstić information content (AvgIpc) is 3.14. The molecule has 9 nitrogen and oxygen atoms in total. The van der Waals surface area contributed by atoms with Crippen LogP contribution in [-0.2, 0) is 23.6 Å². The van der Waals surface area contributed by atoms with E-state index in [1.165, 1.54) is 49.8 Å². The fourth-order valence-corrected chi connectivity index (χ4v) is 5.81. The molecule has 0 atom stereocenters. The van der Waals surface area contributed by atoms with Gasteiger partial charge in [-0.15, -0.1) is 4.49 Å². The first kappa shape index (κ1) is 27.0. The minimum Gasteiger partial charge on any atom is -1.00 e. The Morgan fingerprint density at radius 2 is 1.75 bits per heavy atom. The van der Waals surface area contributed by atoms with Crippen molar-refractivity contribution < 1.29 is 62.1 Å². The Morgan fingerprint density at radius 3 is 2.28 bits per heavy atom. The second-order valence-electron chi connectivity index (χ2n) is 6.05. The van der Waals surface area contributed by atoms with Gasteiger partial charge < -0.3 is 6.16 Å². The van der Waals surface area contributed by atoms with Gasteiger partial charge in [0.1, 0.15) is 6.33 Å². The smallest absolute Gasteiger partial charge is 1.00 e. The van der Waals surface area contributed by atoms with Crippen LogP contribution in [0, 0.1) is 5.82 Å². The number of rotatable bonds is 8. The normalized spacial score (nSPS) is 11.8. The largest absolute Gasteiger partial charge is 1.00 e. The molecule has 168 valence electrons. The van der Waals surface area contributed by atoms with Crippen molar-refractivity contribution in [2.24, 2.45) is 0 Å². The van der Waals surface area contributed by atoms with Crippen molar-refractivity contribution in [1.29, 1.82) is 0 Å². The van der Waals surface area contributed by atoms with E-state index in [1.807, 2.05) is 4.49 Å². The number of ether oxygens (including phenoxy) is 1. The van der Waals surface area contributed by atoms with E-state index in [-0.39, 0.29) is 46.8 Å². The summed E-state index contributed by atoms with van der Waals surface area (Å²) in [7, 11) is -4.73. The first-order valence-corrected chi connectivity index (χ1v) is 12.0. The van der Waals surface area contributed by atoms with Crippen LogP contribution in [0.15, 0.2) is 53.7 Å². The third-order valence-corrected chi connectivity index (χ3v) is 8.27. The maximum absolute atomic E-state index is 14.2. The molecule has 0 saturated heterocycles. The Hall–Kier alpha value is -1.27. The number of benzene rings is 2. The molecule has 3 aromatic rings. The maximum atomic E-state index is 14.2. The van der Waals surface area contributed by atoms with Crippen LogP contribution in [0.2, 0.25) is 5.15 Å². The summed E-state index contributed by atoms with van der Waals surface area (Å²) < 4.78 is 68.8. The molecule has 0 aliphatic rings.